The number of alkyl halides is 1. The van der Waals surface area contributed by atoms with Gasteiger partial charge in [-0.15, -0.1) is 22.9 Å². The highest BCUT2D eigenvalue weighted by Crippen LogP contribution is 2.40. The predicted molar refractivity (Wildman–Crippen MR) is 118 cm³/mol. The smallest absolute Gasteiger partial charge is 0.345 e. The van der Waals surface area contributed by atoms with Gasteiger partial charge in [0, 0.05) is 21.2 Å². The summed E-state index contributed by atoms with van der Waals surface area (Å²) in [7, 11) is 0. The van der Waals surface area contributed by atoms with Crippen LogP contribution in [0.25, 0.3) is 0 Å². The molecule has 1 aromatic carbocycles. The number of benzene rings is 1. The molecule has 1 fully saturated rings. The second kappa shape index (κ2) is 9.69. The van der Waals surface area contributed by atoms with E-state index in [-0.39, 0.29) is 17.2 Å². The molecule has 0 spiro atoms. The van der Waals surface area contributed by atoms with Crippen LogP contribution in [0.3, 0.4) is 0 Å². The van der Waals surface area contributed by atoms with E-state index in [2.05, 4.69) is 0 Å². The number of halogens is 2. The lowest BCUT2D eigenvalue weighted by Gasteiger charge is -2.24. The largest absolute Gasteiger partial charge is 0.493 e. The van der Waals surface area contributed by atoms with Gasteiger partial charge in [-0.25, -0.2) is 4.79 Å². The number of carbonyl (C=O) groups is 1. The van der Waals surface area contributed by atoms with Crippen LogP contribution in [0, 0.1) is 25.7 Å². The highest BCUT2D eigenvalue weighted by atomic mass is 35.5. The van der Waals surface area contributed by atoms with E-state index in [1.54, 1.807) is 6.07 Å². The van der Waals surface area contributed by atoms with Crippen molar-refractivity contribution in [3.05, 3.63) is 50.2 Å². The van der Waals surface area contributed by atoms with Crippen LogP contribution in [0.5, 0.6) is 5.75 Å². The molecule has 0 amide bonds. The van der Waals surface area contributed by atoms with Crippen molar-refractivity contribution in [3.63, 3.8) is 0 Å². The van der Waals surface area contributed by atoms with E-state index < -0.39 is 12.1 Å². The van der Waals surface area contributed by atoms with Crippen molar-refractivity contribution in [2.75, 3.05) is 6.61 Å². The molecule has 1 saturated carbocycles. The van der Waals surface area contributed by atoms with Gasteiger partial charge in [0.25, 0.3) is 0 Å². The third kappa shape index (κ3) is 5.46. The Morgan fingerprint density at radius 3 is 2.55 bits per heavy atom. The lowest BCUT2D eigenvalue weighted by atomic mass is 9.90. The van der Waals surface area contributed by atoms with Gasteiger partial charge in [-0.1, -0.05) is 11.6 Å². The number of carboxylic acid groups (broad SMARTS) is 1. The molecule has 0 unspecified atom stereocenters. The summed E-state index contributed by atoms with van der Waals surface area (Å²) >= 11 is 14.1. The summed E-state index contributed by atoms with van der Waals surface area (Å²) in [5.74, 6) is 0.0193. The molecule has 1 aliphatic carbocycles. The second-order valence-electron chi connectivity index (χ2n) is 7.79. The van der Waals surface area contributed by atoms with Crippen molar-refractivity contribution in [1.82, 2.24) is 0 Å². The van der Waals surface area contributed by atoms with Crippen LogP contribution in [-0.2, 0) is 6.42 Å². The molecule has 1 aromatic heterocycles. The van der Waals surface area contributed by atoms with Gasteiger partial charge in [0.15, 0.2) is 0 Å². The van der Waals surface area contributed by atoms with Crippen molar-refractivity contribution in [3.8, 4) is 5.75 Å². The molecule has 1 heterocycles. The molecule has 7 heteroatoms. The highest BCUT2D eigenvalue weighted by molar-refractivity contribution is 7.13. The maximum Gasteiger partial charge on any atom is 0.345 e. The monoisotopic (exact) mass is 456 g/mol. The Labute approximate surface area is 185 Å². The summed E-state index contributed by atoms with van der Waals surface area (Å²) in [6.45, 7) is 4.31. The van der Waals surface area contributed by atoms with Crippen molar-refractivity contribution in [1.29, 1.82) is 0 Å². The fourth-order valence-corrected chi connectivity index (χ4v) is 5.58. The summed E-state index contributed by atoms with van der Waals surface area (Å²) in [5, 5.41) is 20.2. The molecule has 1 aliphatic rings. The molecule has 0 saturated heterocycles. The first kappa shape index (κ1) is 22.4. The zero-order valence-electron chi connectivity index (χ0n) is 16.5. The SMILES string of the molecule is Cc1cc(OC[C@@H]2[C@@H](CCCc3ccc(C(=O)O)s3)[C@@H](Cl)C[C@H]2O)cc(C)c1Cl. The number of aromatic carboxylic acids is 1. The predicted octanol–water partition coefficient (Wildman–Crippen LogP) is 5.72. The average molecular weight is 457 g/mol. The van der Waals surface area contributed by atoms with E-state index in [9.17, 15) is 9.90 Å². The maximum atomic E-state index is 11.0. The normalized spacial score (nSPS) is 24.0. The molecule has 2 aromatic rings. The van der Waals surface area contributed by atoms with Gasteiger partial charge in [-0.05, 0) is 80.8 Å². The first-order valence-corrected chi connectivity index (χ1v) is 11.4. The van der Waals surface area contributed by atoms with Gasteiger partial charge in [-0.2, -0.15) is 0 Å². The van der Waals surface area contributed by atoms with Crippen LogP contribution in [0.4, 0.5) is 0 Å². The Hall–Kier alpha value is -1.27. The topological polar surface area (TPSA) is 66.8 Å². The van der Waals surface area contributed by atoms with E-state index >= 15 is 0 Å². The van der Waals surface area contributed by atoms with Gasteiger partial charge in [0.05, 0.1) is 12.7 Å². The Morgan fingerprint density at radius 2 is 1.93 bits per heavy atom. The lowest BCUT2D eigenvalue weighted by molar-refractivity contribution is 0.0701. The standard InChI is InChI=1S/C22H26Cl2O4S/c1-12-8-14(9-13(2)21(12)24)28-11-17-16(18(23)10-19(17)25)5-3-4-15-6-7-20(29-15)22(26)27/h6-9,16-19,25H,3-5,10-11H2,1-2H3,(H,26,27)/t16-,17-,18+,19-/m1/s1. The molecule has 158 valence electrons. The molecule has 0 bridgehead atoms. The number of carboxylic acids is 1. The summed E-state index contributed by atoms with van der Waals surface area (Å²) in [6, 6.07) is 7.36. The maximum absolute atomic E-state index is 11.0. The van der Waals surface area contributed by atoms with E-state index in [1.165, 1.54) is 11.3 Å². The third-order valence-electron chi connectivity index (χ3n) is 5.66. The number of rotatable bonds is 8. The molecule has 2 N–H and O–H groups in total. The molecule has 4 nitrogen and oxygen atoms in total. The minimum atomic E-state index is -0.883. The molecule has 4 atom stereocenters. The van der Waals surface area contributed by atoms with E-state index in [0.29, 0.717) is 17.9 Å². The van der Waals surface area contributed by atoms with Gasteiger partial charge >= 0.3 is 5.97 Å². The first-order valence-electron chi connectivity index (χ1n) is 9.80. The quantitative estimate of drug-likeness (QED) is 0.498. The minimum Gasteiger partial charge on any atom is -0.493 e. The number of thiophene rings is 1. The van der Waals surface area contributed by atoms with E-state index in [1.807, 2.05) is 32.0 Å². The van der Waals surface area contributed by atoms with E-state index in [4.69, 9.17) is 33.0 Å². The van der Waals surface area contributed by atoms with Crippen molar-refractivity contribution in [2.45, 2.75) is 51.0 Å². The molecule has 29 heavy (non-hydrogen) atoms. The van der Waals surface area contributed by atoms with Crippen LogP contribution in [0.2, 0.25) is 5.02 Å². The minimum absolute atomic E-state index is 0.0216. The molecular weight excluding hydrogens is 431 g/mol. The van der Waals surface area contributed by atoms with Crippen LogP contribution in [-0.4, -0.2) is 34.3 Å². The van der Waals surface area contributed by atoms with Gasteiger partial charge < -0.3 is 14.9 Å². The summed E-state index contributed by atoms with van der Waals surface area (Å²) in [5.41, 5.74) is 1.94. The Kier molecular flexibility index (Phi) is 7.49. The second-order valence-corrected chi connectivity index (χ2v) is 9.90. The molecule has 0 radical (unpaired) electrons. The fraction of sp³-hybridized carbons (Fsp3) is 0.500. The van der Waals surface area contributed by atoms with Crippen LogP contribution in [0.15, 0.2) is 24.3 Å². The Morgan fingerprint density at radius 1 is 1.24 bits per heavy atom. The first-order chi connectivity index (χ1) is 13.8. The van der Waals surface area contributed by atoms with Crippen LogP contribution < -0.4 is 4.74 Å². The van der Waals surface area contributed by atoms with E-state index in [0.717, 1.165) is 46.0 Å². The number of aliphatic hydroxyl groups is 1. The number of aryl methyl sites for hydroxylation is 3. The highest BCUT2D eigenvalue weighted by Gasteiger charge is 2.41. The van der Waals surface area contributed by atoms with Gasteiger partial charge in [0.1, 0.15) is 10.6 Å². The van der Waals surface area contributed by atoms with Gasteiger partial charge in [-0.3, -0.25) is 0 Å². The molecule has 0 aliphatic heterocycles. The summed E-state index contributed by atoms with van der Waals surface area (Å²) in [4.78, 5) is 12.4. The lowest BCUT2D eigenvalue weighted by Crippen LogP contribution is -2.27. The molecule has 3 rings (SSSR count). The Bertz CT molecular complexity index is 843. The zero-order valence-corrected chi connectivity index (χ0v) is 18.9. The van der Waals surface area contributed by atoms with Crippen LogP contribution >= 0.6 is 34.5 Å². The number of ether oxygens (including phenoxy) is 1. The fourth-order valence-electron chi connectivity index (χ4n) is 4.08. The third-order valence-corrected chi connectivity index (χ3v) is 7.89. The van der Waals surface area contributed by atoms with Crippen molar-refractivity contribution < 1.29 is 19.7 Å². The van der Waals surface area contributed by atoms with Crippen molar-refractivity contribution >= 4 is 40.5 Å². The zero-order chi connectivity index (χ0) is 21.1. The Balaban J connectivity index is 1.57. The number of hydrogen-bond donors (Lipinski definition) is 2. The van der Waals surface area contributed by atoms with Gasteiger partial charge in [0.2, 0.25) is 0 Å². The summed E-state index contributed by atoms with van der Waals surface area (Å²) < 4.78 is 6.01. The summed E-state index contributed by atoms with van der Waals surface area (Å²) in [6.07, 6.45) is 2.68. The van der Waals surface area contributed by atoms with Crippen molar-refractivity contribution in [2.24, 2.45) is 11.8 Å². The number of aliphatic hydroxyl groups excluding tert-OH is 1. The average Bonchev–Trinajstić information content (AvgIpc) is 3.23. The van der Waals surface area contributed by atoms with Crippen LogP contribution in [0.1, 0.15) is 44.9 Å². The number of hydrogen-bond acceptors (Lipinski definition) is 4. The molecular formula is C22H26Cl2O4S.